The summed E-state index contributed by atoms with van der Waals surface area (Å²) in [7, 11) is 1.60. The number of nitrogens with two attached hydrogens (primary N) is 1. The third-order valence-corrected chi connectivity index (χ3v) is 2.97. The number of carbonyl (C=O) groups excluding carboxylic acids is 1. The van der Waals surface area contributed by atoms with Crippen LogP contribution in [0.4, 0.5) is 5.69 Å². The van der Waals surface area contributed by atoms with E-state index in [0.717, 1.165) is 10.9 Å². The van der Waals surface area contributed by atoms with Gasteiger partial charge in [0.2, 0.25) is 5.91 Å². The van der Waals surface area contributed by atoms with Gasteiger partial charge in [-0.25, -0.2) is 0 Å². The molecule has 1 aromatic heterocycles. The Bertz CT molecular complexity index is 579. The number of methoxy groups -OCH3 is 1. The number of ether oxygens (including phenoxy) is 1. The molecule has 102 valence electrons. The summed E-state index contributed by atoms with van der Waals surface area (Å²) in [5, 5.41) is 8.01. The number of hydrogen-bond donors (Lipinski definition) is 2. The Morgan fingerprint density at radius 2 is 2.37 bits per heavy atom. The number of nitrogens with zero attached hydrogens (tertiary/aromatic N) is 2. The first kappa shape index (κ1) is 13.4. The molecule has 19 heavy (non-hydrogen) atoms. The van der Waals surface area contributed by atoms with Crippen molar-refractivity contribution in [1.82, 2.24) is 15.1 Å². The largest absolute Gasteiger partial charge is 0.399 e. The van der Waals surface area contributed by atoms with Gasteiger partial charge in [-0.1, -0.05) is 0 Å². The van der Waals surface area contributed by atoms with E-state index in [-0.39, 0.29) is 5.91 Å². The van der Waals surface area contributed by atoms with Crippen molar-refractivity contribution < 1.29 is 9.53 Å². The lowest BCUT2D eigenvalue weighted by Gasteiger charge is -2.13. The number of nitrogen functional groups attached to an aromatic ring is 1. The number of aromatic nitrogens is 2. The van der Waals surface area contributed by atoms with Crippen molar-refractivity contribution in [2.45, 2.75) is 13.0 Å². The van der Waals surface area contributed by atoms with Crippen molar-refractivity contribution >= 4 is 22.5 Å². The molecule has 2 aromatic rings. The maximum Gasteiger partial charge on any atom is 0.244 e. The Morgan fingerprint density at radius 1 is 1.58 bits per heavy atom. The van der Waals surface area contributed by atoms with Gasteiger partial charge in [-0.3, -0.25) is 9.48 Å². The molecule has 1 unspecified atom stereocenters. The standard InChI is InChI=1S/C13H18N4O2/c1-9(13(18)15-5-6-19-2)17-12-7-11(14)4-3-10(12)8-16-17/h3-4,7-9H,5-6,14H2,1-2H3,(H,15,18). The molecule has 3 N–H and O–H groups in total. The average molecular weight is 262 g/mol. The maximum atomic E-state index is 12.0. The summed E-state index contributed by atoms with van der Waals surface area (Å²) in [6.07, 6.45) is 1.73. The number of carbonyl (C=O) groups is 1. The molecule has 1 atom stereocenters. The monoisotopic (exact) mass is 262 g/mol. The molecule has 0 bridgehead atoms. The highest BCUT2D eigenvalue weighted by atomic mass is 16.5. The molecule has 2 rings (SSSR count). The Labute approximate surface area is 111 Å². The number of hydrogen-bond acceptors (Lipinski definition) is 4. The summed E-state index contributed by atoms with van der Waals surface area (Å²) in [4.78, 5) is 12.0. The van der Waals surface area contributed by atoms with Crippen LogP contribution in [-0.2, 0) is 9.53 Å². The van der Waals surface area contributed by atoms with Crippen molar-refractivity contribution in [3.05, 3.63) is 24.4 Å². The van der Waals surface area contributed by atoms with Gasteiger partial charge in [-0.05, 0) is 25.1 Å². The summed E-state index contributed by atoms with van der Waals surface area (Å²) >= 11 is 0. The summed E-state index contributed by atoms with van der Waals surface area (Å²) in [5.41, 5.74) is 7.28. The van der Waals surface area contributed by atoms with Gasteiger partial charge in [0.05, 0.1) is 18.3 Å². The highest BCUT2D eigenvalue weighted by Crippen LogP contribution is 2.20. The summed E-state index contributed by atoms with van der Waals surface area (Å²) in [6.45, 7) is 2.78. The first-order chi connectivity index (χ1) is 9.13. The van der Waals surface area contributed by atoms with E-state index in [1.807, 2.05) is 18.2 Å². The van der Waals surface area contributed by atoms with Crippen LogP contribution in [0.5, 0.6) is 0 Å². The number of rotatable bonds is 5. The van der Waals surface area contributed by atoms with E-state index in [2.05, 4.69) is 10.4 Å². The van der Waals surface area contributed by atoms with Crippen LogP contribution in [0, 0.1) is 0 Å². The molecular weight excluding hydrogens is 244 g/mol. The lowest BCUT2D eigenvalue weighted by Crippen LogP contribution is -2.33. The fourth-order valence-electron chi connectivity index (χ4n) is 1.90. The van der Waals surface area contributed by atoms with Gasteiger partial charge in [0, 0.05) is 24.7 Å². The zero-order valence-electron chi connectivity index (χ0n) is 11.1. The van der Waals surface area contributed by atoms with Gasteiger partial charge in [0.15, 0.2) is 0 Å². The zero-order chi connectivity index (χ0) is 13.8. The van der Waals surface area contributed by atoms with Crippen molar-refractivity contribution in [1.29, 1.82) is 0 Å². The van der Waals surface area contributed by atoms with E-state index in [0.29, 0.717) is 18.8 Å². The SMILES string of the molecule is COCCNC(=O)C(C)n1ncc2ccc(N)cc21. The van der Waals surface area contributed by atoms with Crippen molar-refractivity contribution in [2.24, 2.45) is 0 Å². The Morgan fingerprint density at radius 3 is 3.11 bits per heavy atom. The molecule has 6 nitrogen and oxygen atoms in total. The fourth-order valence-corrected chi connectivity index (χ4v) is 1.90. The van der Waals surface area contributed by atoms with Gasteiger partial charge in [0.25, 0.3) is 0 Å². The average Bonchev–Trinajstić information content (AvgIpc) is 2.80. The third-order valence-electron chi connectivity index (χ3n) is 2.97. The molecule has 1 amide bonds. The zero-order valence-corrected chi connectivity index (χ0v) is 11.1. The van der Waals surface area contributed by atoms with Crippen molar-refractivity contribution in [3.8, 4) is 0 Å². The highest BCUT2D eigenvalue weighted by molar-refractivity contribution is 5.86. The lowest BCUT2D eigenvalue weighted by molar-refractivity contribution is -0.124. The van der Waals surface area contributed by atoms with Gasteiger partial charge in [-0.15, -0.1) is 0 Å². The van der Waals surface area contributed by atoms with Crippen LogP contribution < -0.4 is 11.1 Å². The normalized spacial score (nSPS) is 12.5. The van der Waals surface area contributed by atoms with E-state index in [9.17, 15) is 4.79 Å². The molecule has 1 heterocycles. The van der Waals surface area contributed by atoms with E-state index >= 15 is 0 Å². The number of amides is 1. The maximum absolute atomic E-state index is 12.0. The second-order valence-electron chi connectivity index (χ2n) is 4.37. The molecule has 0 aliphatic carbocycles. The molecule has 0 aliphatic rings. The van der Waals surface area contributed by atoms with E-state index in [1.54, 1.807) is 24.9 Å². The minimum Gasteiger partial charge on any atom is -0.399 e. The van der Waals surface area contributed by atoms with E-state index < -0.39 is 6.04 Å². The van der Waals surface area contributed by atoms with Gasteiger partial charge in [-0.2, -0.15) is 5.10 Å². The molecular formula is C13H18N4O2. The molecule has 0 aliphatic heterocycles. The summed E-state index contributed by atoms with van der Waals surface area (Å²) in [5.74, 6) is -0.0931. The molecule has 6 heteroatoms. The van der Waals surface area contributed by atoms with Gasteiger partial charge < -0.3 is 15.8 Å². The van der Waals surface area contributed by atoms with Crippen LogP contribution in [0.1, 0.15) is 13.0 Å². The van der Waals surface area contributed by atoms with E-state index in [1.165, 1.54) is 0 Å². The molecule has 0 spiro atoms. The summed E-state index contributed by atoms with van der Waals surface area (Å²) < 4.78 is 6.57. The molecule has 0 saturated heterocycles. The minimum absolute atomic E-state index is 0.0931. The number of fused-ring (bicyclic) bond motifs is 1. The fraction of sp³-hybridized carbons (Fsp3) is 0.385. The smallest absolute Gasteiger partial charge is 0.244 e. The van der Waals surface area contributed by atoms with Crippen LogP contribution >= 0.6 is 0 Å². The topological polar surface area (TPSA) is 82.2 Å². The lowest BCUT2D eigenvalue weighted by atomic mass is 10.2. The number of benzene rings is 1. The second-order valence-corrected chi connectivity index (χ2v) is 4.37. The third kappa shape index (κ3) is 2.85. The van der Waals surface area contributed by atoms with Crippen LogP contribution in [0.25, 0.3) is 10.9 Å². The Hall–Kier alpha value is -2.08. The molecule has 1 aromatic carbocycles. The predicted molar refractivity (Wildman–Crippen MR) is 73.7 cm³/mol. The minimum atomic E-state index is -0.392. The van der Waals surface area contributed by atoms with Crippen LogP contribution in [0.15, 0.2) is 24.4 Å². The number of nitrogens with one attached hydrogen (secondary N) is 1. The van der Waals surface area contributed by atoms with Crippen LogP contribution in [0.2, 0.25) is 0 Å². The molecule has 0 saturated carbocycles. The highest BCUT2D eigenvalue weighted by Gasteiger charge is 2.17. The quantitative estimate of drug-likeness (QED) is 0.620. The van der Waals surface area contributed by atoms with Crippen LogP contribution in [0.3, 0.4) is 0 Å². The second kappa shape index (κ2) is 5.71. The predicted octanol–water partition coefficient (Wildman–Crippen LogP) is 0.942. The van der Waals surface area contributed by atoms with Crippen molar-refractivity contribution in [2.75, 3.05) is 26.0 Å². The van der Waals surface area contributed by atoms with Crippen LogP contribution in [-0.4, -0.2) is 35.9 Å². The van der Waals surface area contributed by atoms with Gasteiger partial charge >= 0.3 is 0 Å². The number of anilines is 1. The Balaban J connectivity index is 2.19. The molecule has 0 fully saturated rings. The van der Waals surface area contributed by atoms with Gasteiger partial charge in [0.1, 0.15) is 6.04 Å². The Kier molecular flexibility index (Phi) is 4.01. The first-order valence-corrected chi connectivity index (χ1v) is 6.13. The van der Waals surface area contributed by atoms with E-state index in [4.69, 9.17) is 10.5 Å². The summed E-state index contributed by atoms with van der Waals surface area (Å²) in [6, 6.07) is 5.14. The molecule has 0 radical (unpaired) electrons. The first-order valence-electron chi connectivity index (χ1n) is 6.13. The van der Waals surface area contributed by atoms with Crippen molar-refractivity contribution in [3.63, 3.8) is 0 Å².